The van der Waals surface area contributed by atoms with Gasteiger partial charge >= 0.3 is 6.18 Å². The van der Waals surface area contributed by atoms with Gasteiger partial charge in [-0.3, -0.25) is 0 Å². The van der Waals surface area contributed by atoms with Gasteiger partial charge < -0.3 is 5.73 Å². The molecule has 0 saturated heterocycles. The monoisotopic (exact) mass is 246 g/mol. The predicted molar refractivity (Wildman–Crippen MR) is 51.6 cm³/mol. The van der Waals surface area contributed by atoms with Crippen LogP contribution in [0.1, 0.15) is 29.3 Å². The van der Waals surface area contributed by atoms with Crippen molar-refractivity contribution in [3.63, 3.8) is 0 Å². The quantitative estimate of drug-likeness (QED) is 0.871. The van der Waals surface area contributed by atoms with Crippen LogP contribution in [0.25, 0.3) is 0 Å². The van der Waals surface area contributed by atoms with Crippen molar-refractivity contribution in [1.29, 1.82) is 0 Å². The second kappa shape index (κ2) is 4.95. The van der Waals surface area contributed by atoms with Crippen molar-refractivity contribution in [2.45, 2.75) is 25.6 Å². The summed E-state index contributed by atoms with van der Waals surface area (Å²) in [6, 6.07) is -0.388. The van der Waals surface area contributed by atoms with Crippen molar-refractivity contribution in [1.82, 2.24) is 4.98 Å². The van der Waals surface area contributed by atoms with Gasteiger partial charge in [-0.05, 0) is 6.42 Å². The fraction of sp³-hybridized carbons (Fsp3) is 0.571. The van der Waals surface area contributed by atoms with E-state index in [1.54, 1.807) is 6.92 Å². The summed E-state index contributed by atoms with van der Waals surface area (Å²) in [5, 5.41) is 0.342. The van der Waals surface area contributed by atoms with Crippen LogP contribution in [0.15, 0.2) is 6.20 Å². The lowest BCUT2D eigenvalue weighted by molar-refractivity contribution is -0.134. The highest BCUT2D eigenvalue weighted by Crippen LogP contribution is 2.34. The molecule has 2 nitrogen and oxygen atoms in total. The number of thiazole rings is 1. The number of nitrogens with two attached hydrogens (primary N) is 1. The molecule has 2 N–H and O–H groups in total. The van der Waals surface area contributed by atoms with Crippen molar-refractivity contribution in [3.8, 4) is 0 Å². The largest absolute Gasteiger partial charge is 0.427 e. The van der Waals surface area contributed by atoms with E-state index in [1.807, 2.05) is 0 Å². The number of hydrogen-bond donors (Lipinski definition) is 1. The first kappa shape index (κ1) is 13.7. The van der Waals surface area contributed by atoms with Crippen LogP contribution in [-0.2, 0) is 6.18 Å². The molecule has 1 aromatic heterocycles. The first-order valence-corrected chi connectivity index (χ1v) is 4.55. The lowest BCUT2D eigenvalue weighted by atomic mass is 10.3. The van der Waals surface area contributed by atoms with E-state index in [1.165, 1.54) is 0 Å². The Kier molecular flexibility index (Phi) is 4.83. The highest BCUT2D eigenvalue weighted by molar-refractivity contribution is 7.11. The lowest BCUT2D eigenvalue weighted by Crippen LogP contribution is -2.07. The first-order valence-electron chi connectivity index (χ1n) is 3.73. The normalized spacial score (nSPS) is 13.5. The van der Waals surface area contributed by atoms with Gasteiger partial charge in [0.25, 0.3) is 0 Å². The van der Waals surface area contributed by atoms with E-state index in [4.69, 9.17) is 5.73 Å². The second-order valence-electron chi connectivity index (χ2n) is 2.58. The Balaban J connectivity index is 0.00000169. The van der Waals surface area contributed by atoms with Crippen molar-refractivity contribution in [2.24, 2.45) is 5.73 Å². The molecule has 1 rings (SSSR count). The molecule has 7 heteroatoms. The van der Waals surface area contributed by atoms with Gasteiger partial charge in [0.05, 0.1) is 12.2 Å². The fourth-order valence-electron chi connectivity index (χ4n) is 0.765. The predicted octanol–water partition coefficient (Wildman–Crippen LogP) is 2.99. The summed E-state index contributed by atoms with van der Waals surface area (Å²) in [5.74, 6) is 0. The minimum Gasteiger partial charge on any atom is -0.322 e. The standard InChI is InChI=1S/C7H9F3N2S.ClH/c1-2-4(11)6-12-3-5(13-6)7(8,9)10;/h3-4H,2,11H2,1H3;1H. The van der Waals surface area contributed by atoms with Crippen LogP contribution in [0.5, 0.6) is 0 Å². The van der Waals surface area contributed by atoms with Gasteiger partial charge in [0.2, 0.25) is 0 Å². The number of alkyl halides is 3. The molecule has 0 saturated carbocycles. The van der Waals surface area contributed by atoms with Gasteiger partial charge in [0.15, 0.2) is 0 Å². The van der Waals surface area contributed by atoms with Crippen molar-refractivity contribution in [3.05, 3.63) is 16.1 Å². The number of halogens is 4. The van der Waals surface area contributed by atoms with Gasteiger partial charge in [-0.15, -0.1) is 23.7 Å². The Morgan fingerprint density at radius 2 is 2.14 bits per heavy atom. The Morgan fingerprint density at radius 3 is 2.50 bits per heavy atom. The average molecular weight is 247 g/mol. The molecule has 0 spiro atoms. The Morgan fingerprint density at radius 1 is 1.57 bits per heavy atom. The maximum atomic E-state index is 12.1. The summed E-state index contributed by atoms with van der Waals surface area (Å²) in [7, 11) is 0. The van der Waals surface area contributed by atoms with Gasteiger partial charge in [-0.25, -0.2) is 4.98 Å². The Labute approximate surface area is 89.7 Å². The molecule has 0 fully saturated rings. The molecule has 0 aliphatic rings. The molecule has 1 aromatic rings. The van der Waals surface area contributed by atoms with Gasteiger partial charge in [-0.1, -0.05) is 6.92 Å². The van der Waals surface area contributed by atoms with Crippen LogP contribution >= 0.6 is 23.7 Å². The van der Waals surface area contributed by atoms with Crippen molar-refractivity contribution >= 4 is 23.7 Å². The summed E-state index contributed by atoms with van der Waals surface area (Å²) in [4.78, 5) is 2.94. The van der Waals surface area contributed by atoms with E-state index in [2.05, 4.69) is 4.98 Å². The third kappa shape index (κ3) is 3.11. The van der Waals surface area contributed by atoms with Crippen molar-refractivity contribution < 1.29 is 13.2 Å². The molecule has 0 aliphatic heterocycles. The molecule has 0 aromatic carbocycles. The van der Waals surface area contributed by atoms with Gasteiger partial charge in [0.1, 0.15) is 9.88 Å². The van der Waals surface area contributed by atoms with Crippen molar-refractivity contribution in [2.75, 3.05) is 0 Å². The molecule has 1 unspecified atom stereocenters. The second-order valence-corrected chi connectivity index (χ2v) is 3.64. The summed E-state index contributed by atoms with van der Waals surface area (Å²) in [6.07, 6.45) is -2.89. The third-order valence-electron chi connectivity index (χ3n) is 1.56. The van der Waals surface area contributed by atoms with Crippen LogP contribution in [0.4, 0.5) is 13.2 Å². The topological polar surface area (TPSA) is 38.9 Å². The van der Waals surface area contributed by atoms with E-state index in [9.17, 15) is 13.2 Å². The number of aromatic nitrogens is 1. The Bertz CT molecular complexity index is 287. The van der Waals surface area contributed by atoms with Crippen LogP contribution in [-0.4, -0.2) is 4.98 Å². The first-order chi connectivity index (χ1) is 5.95. The molecular formula is C7H10ClF3N2S. The molecule has 0 aliphatic carbocycles. The lowest BCUT2D eigenvalue weighted by Gasteiger charge is -2.03. The number of rotatable bonds is 2. The third-order valence-corrected chi connectivity index (χ3v) is 2.73. The molecule has 0 radical (unpaired) electrons. The molecule has 14 heavy (non-hydrogen) atoms. The number of hydrogen-bond acceptors (Lipinski definition) is 3. The zero-order valence-corrected chi connectivity index (χ0v) is 8.97. The highest BCUT2D eigenvalue weighted by atomic mass is 35.5. The molecule has 0 amide bonds. The number of nitrogens with zero attached hydrogens (tertiary/aromatic N) is 1. The van der Waals surface area contributed by atoms with Crippen LogP contribution in [0.3, 0.4) is 0 Å². The SMILES string of the molecule is CCC(N)c1ncc(C(F)(F)F)s1.Cl. The van der Waals surface area contributed by atoms with Crippen LogP contribution in [0.2, 0.25) is 0 Å². The maximum absolute atomic E-state index is 12.1. The minimum atomic E-state index is -4.30. The molecular weight excluding hydrogens is 237 g/mol. The Hall–Kier alpha value is -0.330. The van der Waals surface area contributed by atoms with E-state index in [0.29, 0.717) is 22.8 Å². The highest BCUT2D eigenvalue weighted by Gasteiger charge is 2.33. The molecule has 1 atom stereocenters. The molecule has 0 bridgehead atoms. The van der Waals surface area contributed by atoms with Crippen LogP contribution < -0.4 is 5.73 Å². The van der Waals surface area contributed by atoms with E-state index >= 15 is 0 Å². The zero-order chi connectivity index (χ0) is 10.1. The van der Waals surface area contributed by atoms with Gasteiger partial charge in [0, 0.05) is 0 Å². The average Bonchev–Trinajstić information content (AvgIpc) is 2.50. The van der Waals surface area contributed by atoms with E-state index in [0.717, 1.165) is 6.20 Å². The summed E-state index contributed by atoms with van der Waals surface area (Å²) < 4.78 is 36.3. The van der Waals surface area contributed by atoms with E-state index < -0.39 is 11.1 Å². The summed E-state index contributed by atoms with van der Waals surface area (Å²) in [6.45, 7) is 1.80. The minimum absolute atomic E-state index is 0. The summed E-state index contributed by atoms with van der Waals surface area (Å²) >= 11 is 0.611. The fourth-order valence-corrected chi connectivity index (χ4v) is 1.63. The van der Waals surface area contributed by atoms with Crippen LogP contribution in [0, 0.1) is 0 Å². The zero-order valence-electron chi connectivity index (χ0n) is 7.34. The molecule has 82 valence electrons. The molecule has 1 heterocycles. The summed E-state index contributed by atoms with van der Waals surface area (Å²) in [5.41, 5.74) is 5.53. The van der Waals surface area contributed by atoms with Gasteiger partial charge in [-0.2, -0.15) is 13.2 Å². The maximum Gasteiger partial charge on any atom is 0.427 e. The van der Waals surface area contributed by atoms with E-state index in [-0.39, 0.29) is 18.4 Å². The smallest absolute Gasteiger partial charge is 0.322 e.